The number of nitrogens with zero attached hydrogens (tertiary/aromatic N) is 2. The number of nitrogens with one attached hydrogen (secondary N) is 1. The van der Waals surface area contributed by atoms with Crippen LogP contribution < -0.4 is 5.32 Å². The molecule has 0 amide bonds. The highest BCUT2D eigenvalue weighted by molar-refractivity contribution is 5.73. The van der Waals surface area contributed by atoms with Crippen molar-refractivity contribution in [2.75, 3.05) is 0 Å². The number of hydrogen-bond donors (Lipinski definition) is 2. The van der Waals surface area contributed by atoms with Gasteiger partial charge in [0.1, 0.15) is 6.04 Å². The van der Waals surface area contributed by atoms with Crippen molar-refractivity contribution < 1.29 is 9.90 Å². The highest BCUT2D eigenvalue weighted by atomic mass is 16.4. The molecular formula is C13H23N3O2. The summed E-state index contributed by atoms with van der Waals surface area (Å²) in [5, 5.41) is 16.6. The number of aromatic nitrogens is 2. The maximum absolute atomic E-state index is 11.1. The lowest BCUT2D eigenvalue weighted by molar-refractivity contribution is -0.140. The molecule has 1 heterocycles. The third kappa shape index (κ3) is 4.14. The number of rotatable bonds is 7. The Balaban J connectivity index is 2.63. The van der Waals surface area contributed by atoms with Crippen LogP contribution in [-0.4, -0.2) is 26.9 Å². The summed E-state index contributed by atoms with van der Waals surface area (Å²) in [7, 11) is 1.88. The van der Waals surface area contributed by atoms with Gasteiger partial charge >= 0.3 is 5.97 Å². The van der Waals surface area contributed by atoms with Gasteiger partial charge < -0.3 is 10.4 Å². The Labute approximate surface area is 108 Å². The summed E-state index contributed by atoms with van der Waals surface area (Å²) in [4.78, 5) is 11.1. The molecule has 18 heavy (non-hydrogen) atoms. The monoisotopic (exact) mass is 253 g/mol. The van der Waals surface area contributed by atoms with E-state index in [2.05, 4.69) is 17.3 Å². The molecule has 1 unspecified atom stereocenters. The zero-order valence-corrected chi connectivity index (χ0v) is 11.6. The van der Waals surface area contributed by atoms with Gasteiger partial charge in [0.25, 0.3) is 0 Å². The third-order valence-electron chi connectivity index (χ3n) is 2.87. The molecule has 0 aliphatic carbocycles. The Morgan fingerprint density at radius 3 is 2.72 bits per heavy atom. The van der Waals surface area contributed by atoms with Crippen molar-refractivity contribution in [2.24, 2.45) is 13.0 Å². The van der Waals surface area contributed by atoms with Crippen LogP contribution in [0.1, 0.15) is 38.4 Å². The Morgan fingerprint density at radius 2 is 2.22 bits per heavy atom. The van der Waals surface area contributed by atoms with Crippen molar-refractivity contribution in [3.63, 3.8) is 0 Å². The summed E-state index contributed by atoms with van der Waals surface area (Å²) in [5.41, 5.74) is 2.11. The lowest BCUT2D eigenvalue weighted by atomic mass is 10.0. The Kier molecular flexibility index (Phi) is 5.34. The summed E-state index contributed by atoms with van der Waals surface area (Å²) < 4.78 is 1.77. The number of carboxylic acids is 1. The van der Waals surface area contributed by atoms with Gasteiger partial charge in [-0.05, 0) is 18.8 Å². The van der Waals surface area contributed by atoms with E-state index in [9.17, 15) is 4.79 Å². The van der Waals surface area contributed by atoms with E-state index in [0.29, 0.717) is 18.9 Å². The largest absolute Gasteiger partial charge is 0.480 e. The van der Waals surface area contributed by atoms with Gasteiger partial charge in [-0.3, -0.25) is 9.48 Å². The molecule has 102 valence electrons. The van der Waals surface area contributed by atoms with Crippen molar-refractivity contribution in [1.29, 1.82) is 0 Å². The first-order valence-corrected chi connectivity index (χ1v) is 6.41. The first-order valence-electron chi connectivity index (χ1n) is 6.41. The molecule has 0 aliphatic heterocycles. The Morgan fingerprint density at radius 1 is 1.56 bits per heavy atom. The molecule has 0 aromatic carbocycles. The van der Waals surface area contributed by atoms with E-state index in [1.54, 1.807) is 4.68 Å². The van der Waals surface area contributed by atoms with Crippen molar-refractivity contribution in [1.82, 2.24) is 15.1 Å². The number of aryl methyl sites for hydroxylation is 2. The SMILES string of the molecule is CCc1nn(C)cc1CNC(CC(C)C)C(=O)O. The summed E-state index contributed by atoms with van der Waals surface area (Å²) in [6.07, 6.45) is 3.44. The van der Waals surface area contributed by atoms with Crippen LogP contribution in [0.2, 0.25) is 0 Å². The van der Waals surface area contributed by atoms with E-state index in [4.69, 9.17) is 5.11 Å². The Bertz CT molecular complexity index is 399. The van der Waals surface area contributed by atoms with E-state index >= 15 is 0 Å². The second-order valence-electron chi connectivity index (χ2n) is 5.03. The molecular weight excluding hydrogens is 230 g/mol. The minimum atomic E-state index is -0.786. The highest BCUT2D eigenvalue weighted by Crippen LogP contribution is 2.09. The maximum Gasteiger partial charge on any atom is 0.320 e. The number of carbonyl (C=O) groups is 1. The van der Waals surface area contributed by atoms with E-state index < -0.39 is 12.0 Å². The minimum Gasteiger partial charge on any atom is -0.480 e. The van der Waals surface area contributed by atoms with Crippen molar-refractivity contribution in [3.8, 4) is 0 Å². The fourth-order valence-electron chi connectivity index (χ4n) is 2.01. The molecule has 1 aromatic heterocycles. The minimum absolute atomic E-state index is 0.359. The molecule has 5 nitrogen and oxygen atoms in total. The maximum atomic E-state index is 11.1. The van der Waals surface area contributed by atoms with E-state index in [0.717, 1.165) is 17.7 Å². The summed E-state index contributed by atoms with van der Waals surface area (Å²) >= 11 is 0. The summed E-state index contributed by atoms with van der Waals surface area (Å²) in [5.74, 6) is -0.427. The lowest BCUT2D eigenvalue weighted by Crippen LogP contribution is -2.37. The normalized spacial score (nSPS) is 12.9. The number of hydrogen-bond acceptors (Lipinski definition) is 3. The van der Waals surface area contributed by atoms with E-state index in [-0.39, 0.29) is 0 Å². The zero-order valence-electron chi connectivity index (χ0n) is 11.6. The molecule has 0 saturated carbocycles. The molecule has 1 aromatic rings. The second kappa shape index (κ2) is 6.54. The van der Waals surface area contributed by atoms with Crippen LogP contribution in [0.5, 0.6) is 0 Å². The molecule has 2 N–H and O–H groups in total. The van der Waals surface area contributed by atoms with Crippen molar-refractivity contribution in [3.05, 3.63) is 17.5 Å². The third-order valence-corrected chi connectivity index (χ3v) is 2.87. The standard InChI is InChI=1S/C13H23N3O2/c1-5-11-10(8-16(4)15-11)7-14-12(13(17)18)6-9(2)3/h8-9,12,14H,5-7H2,1-4H3,(H,17,18). The van der Waals surface area contributed by atoms with Crippen LogP contribution in [0.3, 0.4) is 0 Å². The van der Waals surface area contributed by atoms with Crippen LogP contribution in [0.25, 0.3) is 0 Å². The molecule has 0 fully saturated rings. The zero-order chi connectivity index (χ0) is 13.7. The lowest BCUT2D eigenvalue weighted by Gasteiger charge is -2.16. The summed E-state index contributed by atoms with van der Waals surface area (Å²) in [6.45, 7) is 6.66. The van der Waals surface area contributed by atoms with Gasteiger partial charge in [0.05, 0.1) is 5.69 Å². The molecule has 1 rings (SSSR count). The highest BCUT2D eigenvalue weighted by Gasteiger charge is 2.18. The predicted octanol–water partition coefficient (Wildman–Crippen LogP) is 1.57. The van der Waals surface area contributed by atoms with Gasteiger partial charge in [-0.2, -0.15) is 5.10 Å². The fraction of sp³-hybridized carbons (Fsp3) is 0.692. The average molecular weight is 253 g/mol. The molecule has 0 aliphatic rings. The predicted molar refractivity (Wildman–Crippen MR) is 70.3 cm³/mol. The topological polar surface area (TPSA) is 67.2 Å². The first kappa shape index (κ1) is 14.7. The van der Waals surface area contributed by atoms with Gasteiger partial charge in [-0.25, -0.2) is 0 Å². The van der Waals surface area contributed by atoms with Crippen molar-refractivity contribution >= 4 is 5.97 Å². The number of carboxylic acid groups (broad SMARTS) is 1. The molecule has 0 spiro atoms. The van der Waals surface area contributed by atoms with Crippen LogP contribution in [-0.2, 0) is 24.8 Å². The van der Waals surface area contributed by atoms with Gasteiger partial charge in [-0.1, -0.05) is 20.8 Å². The van der Waals surface area contributed by atoms with Crippen LogP contribution >= 0.6 is 0 Å². The first-order chi connectivity index (χ1) is 8.43. The smallest absolute Gasteiger partial charge is 0.320 e. The Hall–Kier alpha value is -1.36. The molecule has 0 radical (unpaired) electrons. The van der Waals surface area contributed by atoms with Gasteiger partial charge in [-0.15, -0.1) is 0 Å². The van der Waals surface area contributed by atoms with Crippen LogP contribution in [0.15, 0.2) is 6.20 Å². The average Bonchev–Trinajstić information content (AvgIpc) is 2.64. The number of aliphatic carboxylic acids is 1. The van der Waals surface area contributed by atoms with Crippen LogP contribution in [0, 0.1) is 5.92 Å². The molecule has 5 heteroatoms. The van der Waals surface area contributed by atoms with Crippen LogP contribution in [0.4, 0.5) is 0 Å². The summed E-state index contributed by atoms with van der Waals surface area (Å²) in [6, 6.07) is -0.491. The fourth-order valence-corrected chi connectivity index (χ4v) is 2.01. The quantitative estimate of drug-likeness (QED) is 0.774. The molecule has 0 saturated heterocycles. The van der Waals surface area contributed by atoms with E-state index in [1.807, 2.05) is 27.1 Å². The van der Waals surface area contributed by atoms with Crippen molar-refractivity contribution in [2.45, 2.75) is 46.2 Å². The van der Waals surface area contributed by atoms with Gasteiger partial charge in [0.2, 0.25) is 0 Å². The van der Waals surface area contributed by atoms with Gasteiger partial charge in [0, 0.05) is 25.4 Å². The molecule has 0 bridgehead atoms. The van der Waals surface area contributed by atoms with Gasteiger partial charge in [0.15, 0.2) is 0 Å². The second-order valence-corrected chi connectivity index (χ2v) is 5.03. The van der Waals surface area contributed by atoms with E-state index in [1.165, 1.54) is 0 Å². The molecule has 1 atom stereocenters.